The number of anilines is 3. The van der Waals surface area contributed by atoms with Crippen molar-refractivity contribution >= 4 is 23.4 Å². The second-order valence-electron chi connectivity index (χ2n) is 7.65. The number of rotatable bonds is 5. The zero-order valence-electron chi connectivity index (χ0n) is 17.9. The number of alkyl halides is 3. The lowest BCUT2D eigenvalue weighted by atomic mass is 10.2. The molecule has 0 spiro atoms. The van der Waals surface area contributed by atoms with E-state index in [1.54, 1.807) is 38.2 Å². The zero-order valence-corrected chi connectivity index (χ0v) is 17.9. The van der Waals surface area contributed by atoms with Crippen LogP contribution in [-0.4, -0.2) is 48.5 Å². The fourth-order valence-corrected chi connectivity index (χ4v) is 3.43. The molecule has 3 aromatic rings. The van der Waals surface area contributed by atoms with E-state index in [-0.39, 0.29) is 24.2 Å². The Morgan fingerprint density at radius 1 is 1.25 bits per heavy atom. The van der Waals surface area contributed by atoms with Crippen LogP contribution in [0.5, 0.6) is 0 Å². The highest BCUT2D eigenvalue weighted by Gasteiger charge is 2.35. The largest absolute Gasteiger partial charge is 0.433 e. The summed E-state index contributed by atoms with van der Waals surface area (Å²) in [5.41, 5.74) is 1.47. The van der Waals surface area contributed by atoms with Crippen LogP contribution in [0.2, 0.25) is 0 Å². The van der Waals surface area contributed by atoms with Crippen molar-refractivity contribution in [3.8, 4) is 0 Å². The van der Waals surface area contributed by atoms with E-state index in [0.29, 0.717) is 29.7 Å². The van der Waals surface area contributed by atoms with Gasteiger partial charge in [0.15, 0.2) is 5.82 Å². The third kappa shape index (κ3) is 4.09. The first-order chi connectivity index (χ1) is 15.0. The van der Waals surface area contributed by atoms with E-state index in [9.17, 15) is 18.0 Å². The Kier molecular flexibility index (Phi) is 5.26. The molecule has 4 heterocycles. The Labute approximate surface area is 181 Å². The number of likely N-dealkylation sites (N-methyl/N-ethyl adjacent to an activating group) is 1. The summed E-state index contributed by atoms with van der Waals surface area (Å²) in [6, 6.07) is 0.659. The Hall–Kier alpha value is -3.64. The van der Waals surface area contributed by atoms with Gasteiger partial charge in [0.25, 0.3) is 0 Å². The molecule has 32 heavy (non-hydrogen) atoms. The van der Waals surface area contributed by atoms with Gasteiger partial charge in [-0.15, -0.1) is 0 Å². The van der Waals surface area contributed by atoms with Gasteiger partial charge >= 0.3 is 6.18 Å². The number of aromatic nitrogens is 6. The van der Waals surface area contributed by atoms with Gasteiger partial charge < -0.3 is 15.5 Å². The van der Waals surface area contributed by atoms with E-state index in [0.717, 1.165) is 16.3 Å². The Morgan fingerprint density at radius 3 is 2.69 bits per heavy atom. The number of nitrogens with zero attached hydrogens (tertiary/aromatic N) is 7. The minimum atomic E-state index is -4.46. The van der Waals surface area contributed by atoms with Crippen LogP contribution in [0.25, 0.3) is 0 Å². The van der Waals surface area contributed by atoms with Gasteiger partial charge in [-0.25, -0.2) is 4.98 Å². The number of amides is 1. The monoisotopic (exact) mass is 449 g/mol. The number of fused-ring (bicyclic) bond motifs is 1. The average molecular weight is 449 g/mol. The van der Waals surface area contributed by atoms with Crippen LogP contribution >= 0.6 is 0 Å². The lowest BCUT2D eigenvalue weighted by Crippen LogP contribution is -2.44. The Bertz CT molecular complexity index is 1170. The molecule has 0 bridgehead atoms. The number of halogens is 3. The molecule has 0 aromatic carbocycles. The van der Waals surface area contributed by atoms with E-state index in [1.807, 2.05) is 0 Å². The van der Waals surface area contributed by atoms with Gasteiger partial charge in [-0.2, -0.15) is 28.4 Å². The summed E-state index contributed by atoms with van der Waals surface area (Å²) in [5, 5.41) is 14.1. The molecule has 0 saturated carbocycles. The summed E-state index contributed by atoms with van der Waals surface area (Å²) in [7, 11) is 3.05. The molecule has 1 aliphatic rings. The van der Waals surface area contributed by atoms with E-state index in [2.05, 4.69) is 30.8 Å². The van der Waals surface area contributed by atoms with Crippen molar-refractivity contribution in [3.63, 3.8) is 0 Å². The standard InChI is InChI=1S/C19H22F3N9O/c1-10-15-16(29(3)11(2)17(32)26-15)27-18(25-10)23-6-12-7-24-31(8-12)9-13-5-14(19(20,21)22)30(4)28-13/h5,7-8,11H,6,9H2,1-4H3,(H,26,32)(H,23,25,27)/t11-/m0/s1. The molecule has 1 aliphatic heterocycles. The van der Waals surface area contributed by atoms with Crippen LogP contribution < -0.4 is 15.5 Å². The van der Waals surface area contributed by atoms with Crippen molar-refractivity contribution < 1.29 is 18.0 Å². The number of carbonyl (C=O) groups excluding carboxylic acids is 1. The van der Waals surface area contributed by atoms with Crippen LogP contribution in [0, 0.1) is 6.92 Å². The number of hydrogen-bond acceptors (Lipinski definition) is 7. The Morgan fingerprint density at radius 2 is 2.00 bits per heavy atom. The highest BCUT2D eigenvalue weighted by Crippen LogP contribution is 2.32. The minimum Gasteiger partial charge on any atom is -0.350 e. The fraction of sp³-hybridized carbons (Fsp3) is 0.421. The zero-order chi connectivity index (χ0) is 23.2. The van der Waals surface area contributed by atoms with Crippen molar-refractivity contribution in [2.75, 3.05) is 22.6 Å². The maximum absolute atomic E-state index is 12.9. The third-order valence-electron chi connectivity index (χ3n) is 5.30. The summed E-state index contributed by atoms with van der Waals surface area (Å²) in [6.07, 6.45) is -1.13. The summed E-state index contributed by atoms with van der Waals surface area (Å²) < 4.78 is 41.1. The molecular formula is C19H22F3N9O. The summed E-state index contributed by atoms with van der Waals surface area (Å²) in [4.78, 5) is 22.7. The van der Waals surface area contributed by atoms with Gasteiger partial charge in [0.1, 0.15) is 17.4 Å². The van der Waals surface area contributed by atoms with Crippen LogP contribution in [0.1, 0.15) is 29.6 Å². The molecule has 13 heteroatoms. The van der Waals surface area contributed by atoms with Gasteiger partial charge in [0, 0.05) is 32.4 Å². The molecule has 0 fully saturated rings. The first-order valence-electron chi connectivity index (χ1n) is 9.80. The highest BCUT2D eigenvalue weighted by atomic mass is 19.4. The van der Waals surface area contributed by atoms with Gasteiger partial charge in [0.05, 0.1) is 24.1 Å². The Balaban J connectivity index is 1.44. The van der Waals surface area contributed by atoms with Crippen LogP contribution in [0.15, 0.2) is 18.5 Å². The number of carbonyl (C=O) groups is 1. The van der Waals surface area contributed by atoms with Gasteiger partial charge in [-0.3, -0.25) is 14.2 Å². The molecule has 0 unspecified atom stereocenters. The van der Waals surface area contributed by atoms with E-state index in [1.165, 1.54) is 11.7 Å². The molecule has 2 N–H and O–H groups in total. The summed E-state index contributed by atoms with van der Waals surface area (Å²) in [6.45, 7) is 4.05. The maximum atomic E-state index is 12.9. The first-order valence-corrected chi connectivity index (χ1v) is 9.80. The van der Waals surface area contributed by atoms with E-state index in [4.69, 9.17) is 0 Å². The van der Waals surface area contributed by atoms with Crippen molar-refractivity contribution in [1.29, 1.82) is 0 Å². The van der Waals surface area contributed by atoms with Crippen LogP contribution in [0.3, 0.4) is 0 Å². The molecule has 0 radical (unpaired) electrons. The lowest BCUT2D eigenvalue weighted by Gasteiger charge is -2.32. The quantitative estimate of drug-likeness (QED) is 0.615. The van der Waals surface area contributed by atoms with Crippen molar-refractivity contribution in [2.45, 2.75) is 39.2 Å². The molecule has 1 atom stereocenters. The molecule has 3 aromatic heterocycles. The molecule has 1 amide bonds. The van der Waals surface area contributed by atoms with Gasteiger partial charge in [-0.05, 0) is 19.9 Å². The van der Waals surface area contributed by atoms with E-state index >= 15 is 0 Å². The fourth-order valence-electron chi connectivity index (χ4n) is 3.43. The predicted octanol–water partition coefficient (Wildman–Crippen LogP) is 2.17. The minimum absolute atomic E-state index is 0.112. The average Bonchev–Trinajstić information content (AvgIpc) is 3.31. The van der Waals surface area contributed by atoms with Crippen LogP contribution in [0.4, 0.5) is 30.6 Å². The summed E-state index contributed by atoms with van der Waals surface area (Å²) in [5.74, 6) is 0.900. The number of nitrogens with one attached hydrogen (secondary N) is 2. The van der Waals surface area contributed by atoms with Crippen molar-refractivity contribution in [2.24, 2.45) is 7.05 Å². The molecule has 10 nitrogen and oxygen atoms in total. The predicted molar refractivity (Wildman–Crippen MR) is 110 cm³/mol. The van der Waals surface area contributed by atoms with E-state index < -0.39 is 11.9 Å². The number of aryl methyl sites for hydroxylation is 2. The molecule has 0 aliphatic carbocycles. The van der Waals surface area contributed by atoms with Gasteiger partial charge in [-0.1, -0.05) is 0 Å². The normalized spacial score (nSPS) is 16.2. The van der Waals surface area contributed by atoms with Crippen molar-refractivity contribution in [3.05, 3.63) is 41.1 Å². The molecule has 4 rings (SSSR count). The highest BCUT2D eigenvalue weighted by molar-refractivity contribution is 6.03. The topological polar surface area (TPSA) is 106 Å². The lowest BCUT2D eigenvalue weighted by molar-refractivity contribution is -0.143. The summed E-state index contributed by atoms with van der Waals surface area (Å²) >= 11 is 0. The van der Waals surface area contributed by atoms with Gasteiger partial charge in [0.2, 0.25) is 11.9 Å². The smallest absolute Gasteiger partial charge is 0.350 e. The van der Waals surface area contributed by atoms with Crippen molar-refractivity contribution in [1.82, 2.24) is 29.5 Å². The molecule has 170 valence electrons. The second kappa shape index (κ2) is 7.80. The molecule has 0 saturated heterocycles. The first kappa shape index (κ1) is 21.6. The molecular weight excluding hydrogens is 427 g/mol. The third-order valence-corrected chi connectivity index (χ3v) is 5.30. The number of hydrogen-bond donors (Lipinski definition) is 2. The maximum Gasteiger partial charge on any atom is 0.433 e. The second-order valence-corrected chi connectivity index (χ2v) is 7.65. The SMILES string of the molecule is Cc1nc(NCc2cnn(Cc3cc(C(F)(F)F)n(C)n3)c2)nc2c1NC(=O)[C@H](C)N2C. The van der Waals surface area contributed by atoms with Crippen LogP contribution in [-0.2, 0) is 31.1 Å².